The van der Waals surface area contributed by atoms with Crippen molar-refractivity contribution in [1.82, 2.24) is 0 Å². The van der Waals surface area contributed by atoms with Gasteiger partial charge in [-0.1, -0.05) is 152 Å². The van der Waals surface area contributed by atoms with Crippen LogP contribution in [0.2, 0.25) is 0 Å². The fourth-order valence-electron chi connectivity index (χ4n) is 8.67. The first-order chi connectivity index (χ1) is 23.3. The Hall–Kier alpha value is -5.46. The van der Waals surface area contributed by atoms with Crippen molar-refractivity contribution in [3.63, 3.8) is 0 Å². The van der Waals surface area contributed by atoms with Gasteiger partial charge in [-0.3, -0.25) is 0 Å². The summed E-state index contributed by atoms with van der Waals surface area (Å²) in [6.45, 7) is 0. The Morgan fingerprint density at radius 1 is 0.426 bits per heavy atom. The third-order valence-corrected chi connectivity index (χ3v) is 10.8. The first kappa shape index (κ1) is 26.7. The van der Waals surface area contributed by atoms with Crippen molar-refractivity contribution in [2.24, 2.45) is 0 Å². The zero-order valence-electron chi connectivity index (χ0n) is 26.3. The van der Waals surface area contributed by atoms with Crippen molar-refractivity contribution < 1.29 is 0 Å². The van der Waals surface area contributed by atoms with Gasteiger partial charge in [0.2, 0.25) is 0 Å². The van der Waals surface area contributed by atoms with Crippen LogP contribution in [-0.4, -0.2) is 0 Å². The summed E-state index contributed by atoms with van der Waals surface area (Å²) in [5.74, 6) is 1.21. The summed E-state index contributed by atoms with van der Waals surface area (Å²) in [5.41, 5.74) is 19.4. The number of allylic oxidation sites excluding steroid dienone is 1. The Morgan fingerprint density at radius 2 is 1.06 bits per heavy atom. The molecule has 1 saturated carbocycles. The van der Waals surface area contributed by atoms with Gasteiger partial charge in [-0.05, 0) is 126 Å². The zero-order valence-corrected chi connectivity index (χ0v) is 26.3. The van der Waals surface area contributed by atoms with E-state index in [0.717, 1.165) is 12.8 Å². The highest BCUT2D eigenvalue weighted by molar-refractivity contribution is 6.12. The van der Waals surface area contributed by atoms with E-state index in [2.05, 4.69) is 158 Å². The second-order valence-corrected chi connectivity index (χ2v) is 13.5. The molecule has 0 aliphatic heterocycles. The van der Waals surface area contributed by atoms with Crippen molar-refractivity contribution >= 4 is 16.8 Å². The molecular formula is C47H34. The van der Waals surface area contributed by atoms with E-state index in [4.69, 9.17) is 0 Å². The van der Waals surface area contributed by atoms with E-state index in [-0.39, 0.29) is 0 Å². The molecule has 3 aliphatic carbocycles. The number of benzene rings is 7. The van der Waals surface area contributed by atoms with Crippen LogP contribution in [0.4, 0.5) is 0 Å². The molecule has 222 valence electrons. The van der Waals surface area contributed by atoms with Gasteiger partial charge in [-0.25, -0.2) is 0 Å². The lowest BCUT2D eigenvalue weighted by Gasteiger charge is -2.28. The number of hydrogen-bond acceptors (Lipinski definition) is 0. The minimum atomic E-state index is 0.601. The summed E-state index contributed by atoms with van der Waals surface area (Å²) in [4.78, 5) is 0. The van der Waals surface area contributed by atoms with Crippen LogP contribution < -0.4 is 0 Å². The molecule has 0 saturated heterocycles. The summed E-state index contributed by atoms with van der Waals surface area (Å²) in [5, 5.41) is 2.70. The molecule has 0 radical (unpaired) electrons. The normalized spacial score (nSPS) is 17.0. The van der Waals surface area contributed by atoms with Crippen LogP contribution in [0.1, 0.15) is 46.9 Å². The monoisotopic (exact) mass is 598 g/mol. The Balaban J connectivity index is 1.18. The highest BCUT2D eigenvalue weighted by Gasteiger charge is 2.46. The number of rotatable bonds is 4. The zero-order chi connectivity index (χ0) is 30.9. The molecule has 10 rings (SSSR count). The highest BCUT2D eigenvalue weighted by Crippen LogP contribution is 2.64. The average Bonchev–Trinajstić information content (AvgIpc) is 3.96. The van der Waals surface area contributed by atoms with E-state index < -0.39 is 0 Å². The molecule has 7 aromatic rings. The third kappa shape index (κ3) is 4.21. The molecule has 0 amide bonds. The van der Waals surface area contributed by atoms with Gasteiger partial charge < -0.3 is 0 Å². The molecular weight excluding hydrogens is 565 g/mol. The van der Waals surface area contributed by atoms with Crippen LogP contribution in [0.25, 0.3) is 72.5 Å². The van der Waals surface area contributed by atoms with Gasteiger partial charge in [0.15, 0.2) is 0 Å². The maximum absolute atomic E-state index is 2.51. The first-order valence-electron chi connectivity index (χ1n) is 17.1. The summed E-state index contributed by atoms with van der Waals surface area (Å²) in [7, 11) is 0. The Kier molecular flexibility index (Phi) is 5.99. The average molecular weight is 599 g/mol. The molecule has 0 nitrogen and oxygen atoms in total. The summed E-state index contributed by atoms with van der Waals surface area (Å²) in [6, 6.07) is 54.3. The molecule has 7 aromatic carbocycles. The Bertz CT molecular complexity index is 2370. The smallest absolute Gasteiger partial charge is 0.00234 e. The maximum atomic E-state index is 2.51. The summed E-state index contributed by atoms with van der Waals surface area (Å²) >= 11 is 0. The molecule has 0 spiro atoms. The number of fused-ring (bicyclic) bond motifs is 8. The molecule has 2 atom stereocenters. The van der Waals surface area contributed by atoms with Crippen molar-refractivity contribution in [2.45, 2.75) is 31.1 Å². The van der Waals surface area contributed by atoms with Gasteiger partial charge in [0.05, 0.1) is 0 Å². The van der Waals surface area contributed by atoms with Crippen LogP contribution in [0, 0.1) is 0 Å². The van der Waals surface area contributed by atoms with Crippen molar-refractivity contribution in [1.29, 1.82) is 0 Å². The summed E-state index contributed by atoms with van der Waals surface area (Å²) in [6.07, 6.45) is 8.18. The fraction of sp³-hybridized carbons (Fsp3) is 0.106. The van der Waals surface area contributed by atoms with Crippen LogP contribution in [-0.2, 0) is 6.42 Å². The lowest BCUT2D eigenvalue weighted by molar-refractivity contribution is 0.990. The molecule has 47 heavy (non-hydrogen) atoms. The van der Waals surface area contributed by atoms with E-state index in [1.807, 2.05) is 0 Å². The molecule has 1 fully saturated rings. The molecule has 0 aromatic heterocycles. The number of hydrogen-bond donors (Lipinski definition) is 0. The first-order valence-corrected chi connectivity index (χ1v) is 17.1. The van der Waals surface area contributed by atoms with E-state index >= 15 is 0 Å². The SMILES string of the molecule is C1=Cc2c(c(-c3ccccc3)c3ccccc3c2-c2cccc3c2-c2ccc(-c4cccc(-c5ccccc5)c4)cc2C2CC32)CC1. The molecule has 0 bridgehead atoms. The van der Waals surface area contributed by atoms with Crippen LogP contribution >= 0.6 is 0 Å². The maximum Gasteiger partial charge on any atom is -0.00234 e. The van der Waals surface area contributed by atoms with Gasteiger partial charge in [0.1, 0.15) is 0 Å². The van der Waals surface area contributed by atoms with Crippen molar-refractivity contribution in [3.05, 3.63) is 174 Å². The predicted octanol–water partition coefficient (Wildman–Crippen LogP) is 12.7. The summed E-state index contributed by atoms with van der Waals surface area (Å²) < 4.78 is 0. The van der Waals surface area contributed by atoms with E-state index in [9.17, 15) is 0 Å². The fourth-order valence-corrected chi connectivity index (χ4v) is 8.67. The van der Waals surface area contributed by atoms with E-state index in [1.165, 1.54) is 95.1 Å². The third-order valence-electron chi connectivity index (χ3n) is 10.8. The van der Waals surface area contributed by atoms with Gasteiger partial charge in [-0.2, -0.15) is 0 Å². The predicted molar refractivity (Wildman–Crippen MR) is 199 cm³/mol. The van der Waals surface area contributed by atoms with Gasteiger partial charge >= 0.3 is 0 Å². The molecule has 0 N–H and O–H groups in total. The molecule has 3 aliphatic rings. The van der Waals surface area contributed by atoms with Crippen LogP contribution in [0.3, 0.4) is 0 Å². The standard InChI is InChI=1S/C47H34/c1-3-13-30(14-4-1)32-17-11-18-33(27-32)34-25-26-40-42(28-34)44-29-43(44)39-23-12-24-41(47(39)40)46-37-21-9-7-19-35(37)45(31-15-5-2-6-16-31)36-20-8-10-22-38(36)46/h1-7,9-19,21-28,43-44H,8,20,29H2. The lowest BCUT2D eigenvalue weighted by atomic mass is 9.76. The molecule has 2 unspecified atom stereocenters. The van der Waals surface area contributed by atoms with Gasteiger partial charge in [0, 0.05) is 0 Å². The quantitative estimate of drug-likeness (QED) is 0.189. The topological polar surface area (TPSA) is 0 Å². The van der Waals surface area contributed by atoms with E-state index in [0.29, 0.717) is 11.8 Å². The lowest BCUT2D eigenvalue weighted by Crippen LogP contribution is -2.05. The Morgan fingerprint density at radius 3 is 1.87 bits per heavy atom. The highest BCUT2D eigenvalue weighted by atomic mass is 14.5. The molecule has 0 heterocycles. The van der Waals surface area contributed by atoms with Crippen LogP contribution in [0.5, 0.6) is 0 Å². The Labute approximate surface area is 276 Å². The second kappa shape index (κ2) is 10.5. The minimum Gasteiger partial charge on any atom is -0.0836 e. The second-order valence-electron chi connectivity index (χ2n) is 13.5. The van der Waals surface area contributed by atoms with Crippen molar-refractivity contribution in [2.75, 3.05) is 0 Å². The van der Waals surface area contributed by atoms with Crippen LogP contribution in [0.15, 0.2) is 152 Å². The van der Waals surface area contributed by atoms with Gasteiger partial charge in [-0.15, -0.1) is 0 Å². The minimum absolute atomic E-state index is 0.601. The molecule has 0 heteroatoms. The largest absolute Gasteiger partial charge is 0.0836 e. The van der Waals surface area contributed by atoms with E-state index in [1.54, 1.807) is 0 Å². The van der Waals surface area contributed by atoms with Crippen molar-refractivity contribution in [3.8, 4) is 55.6 Å². The van der Waals surface area contributed by atoms with Gasteiger partial charge in [0.25, 0.3) is 0 Å².